The topological polar surface area (TPSA) is 61.7 Å². The van der Waals surface area contributed by atoms with Crippen LogP contribution in [0.5, 0.6) is 0 Å². The van der Waals surface area contributed by atoms with Crippen molar-refractivity contribution in [3.63, 3.8) is 0 Å². The number of hydrogen-bond acceptors (Lipinski definition) is 2. The molecule has 0 aliphatic heterocycles. The molecule has 1 heterocycles. The van der Waals surface area contributed by atoms with E-state index >= 15 is 0 Å². The van der Waals surface area contributed by atoms with Crippen LogP contribution in [-0.2, 0) is 50.6 Å². The second-order valence-electron chi connectivity index (χ2n) is 4.66. The van der Waals surface area contributed by atoms with Crippen LogP contribution in [0, 0.1) is 25.2 Å². The molecule has 2 aromatic rings. The van der Waals surface area contributed by atoms with E-state index in [0.717, 1.165) is 16.8 Å². The summed E-state index contributed by atoms with van der Waals surface area (Å²) in [6.45, 7) is 4.34. The largest absolute Gasteiger partial charge is 0.320 e. The zero-order valence-corrected chi connectivity index (χ0v) is 15.0. The minimum Gasteiger partial charge on any atom is -0.320 e. The van der Waals surface area contributed by atoms with Crippen molar-refractivity contribution in [2.75, 3.05) is 5.32 Å². The van der Waals surface area contributed by atoms with Gasteiger partial charge in [-0.3, -0.25) is 4.79 Å². The Morgan fingerprint density at radius 1 is 1.33 bits per heavy atom. The van der Waals surface area contributed by atoms with Crippen molar-refractivity contribution in [3.05, 3.63) is 47.8 Å². The number of aryl methyl sites for hydroxylation is 2. The summed E-state index contributed by atoms with van der Waals surface area (Å²) in [6, 6.07) is 9.77. The maximum absolute atomic E-state index is 12.1. The molecule has 0 saturated carbocycles. The number of aromatic nitrogens is 2. The van der Waals surface area contributed by atoms with E-state index in [-0.39, 0.29) is 51.7 Å². The number of anilines is 1. The van der Waals surface area contributed by atoms with E-state index < -0.39 is 0 Å². The Labute approximate surface area is 149 Å². The molecule has 21 heavy (non-hydrogen) atoms. The Balaban J connectivity index is 0.00000220. The van der Waals surface area contributed by atoms with Gasteiger partial charge in [0, 0.05) is 44.5 Å². The zero-order chi connectivity index (χ0) is 14.5. The predicted molar refractivity (Wildman–Crippen MR) is 74.8 cm³/mol. The van der Waals surface area contributed by atoms with E-state index in [1.54, 1.807) is 21.8 Å². The number of carbonyl (C=O) groups is 1. The minimum atomic E-state index is -0.106. The van der Waals surface area contributed by atoms with Gasteiger partial charge in [0.15, 0.2) is 12.7 Å². The molecule has 0 atom stereocenters. The number of rotatable bonds is 4. The predicted octanol–water partition coefficient (Wildman–Crippen LogP) is 1.55. The van der Waals surface area contributed by atoms with Gasteiger partial charge in [-0.05, 0) is 25.0 Å². The van der Waals surface area contributed by atoms with E-state index in [1.165, 1.54) is 0 Å². The van der Waals surface area contributed by atoms with Crippen LogP contribution < -0.4 is 10.00 Å². The summed E-state index contributed by atoms with van der Waals surface area (Å²) in [5, 5.41) is 11.6. The minimum absolute atomic E-state index is 0. The van der Waals surface area contributed by atoms with Gasteiger partial charge in [0.05, 0.1) is 12.3 Å². The average molecular weight is 358 g/mol. The smallest absolute Gasteiger partial charge is 0.292 e. The monoisotopic (exact) mass is 358 g/mol. The van der Waals surface area contributed by atoms with Gasteiger partial charge in [-0.1, -0.05) is 18.2 Å². The van der Waals surface area contributed by atoms with E-state index in [0.29, 0.717) is 0 Å². The van der Waals surface area contributed by atoms with Crippen LogP contribution in [-0.4, -0.2) is 10.6 Å². The van der Waals surface area contributed by atoms with Gasteiger partial charge in [0.1, 0.15) is 0 Å². The number of amides is 1. The first-order chi connectivity index (χ1) is 9.61. The second kappa shape index (κ2) is 8.06. The van der Waals surface area contributed by atoms with Crippen molar-refractivity contribution < 1.29 is 42.2 Å². The van der Waals surface area contributed by atoms with Crippen molar-refractivity contribution in [1.29, 1.82) is 5.26 Å². The van der Waals surface area contributed by atoms with E-state index in [1.807, 2.05) is 38.1 Å². The van der Waals surface area contributed by atoms with Crippen LogP contribution in [0.15, 0.2) is 36.7 Å². The Hall–Kier alpha value is -1.51. The Bertz CT molecular complexity index is 652. The fraction of sp³-hybridized carbons (Fsp3) is 0.267. The molecule has 0 saturated heterocycles. The summed E-state index contributed by atoms with van der Waals surface area (Å²) in [7, 11) is 0. The van der Waals surface area contributed by atoms with Gasteiger partial charge < -0.3 is 5.32 Å². The molecule has 105 valence electrons. The zero-order valence-electron chi connectivity index (χ0n) is 12.2. The van der Waals surface area contributed by atoms with Crippen LogP contribution in [0.4, 0.5) is 5.69 Å². The van der Waals surface area contributed by atoms with Gasteiger partial charge in [0.2, 0.25) is 6.54 Å². The molecule has 0 bridgehead atoms. The number of nitrogens with zero attached hydrogens (tertiary/aromatic N) is 3. The molecule has 1 N–H and O–H groups in total. The van der Waals surface area contributed by atoms with Gasteiger partial charge in [0.25, 0.3) is 5.91 Å². The molecule has 2 rings (SSSR count). The maximum Gasteiger partial charge on any atom is 0.292 e. The van der Waals surface area contributed by atoms with E-state index in [9.17, 15) is 4.79 Å². The Morgan fingerprint density at radius 3 is 2.62 bits per heavy atom. The number of hydrogen-bond donors (Lipinski definition) is 1. The average Bonchev–Trinajstić information content (AvgIpc) is 2.82. The van der Waals surface area contributed by atoms with E-state index in [4.69, 9.17) is 5.26 Å². The quantitative estimate of drug-likeness (QED) is 0.843. The fourth-order valence-corrected chi connectivity index (χ4v) is 2.11. The number of para-hydroxylation sites is 1. The van der Waals surface area contributed by atoms with Gasteiger partial charge >= 0.3 is 0 Å². The van der Waals surface area contributed by atoms with Crippen LogP contribution >= 0.6 is 0 Å². The molecule has 6 heteroatoms. The molecule has 0 spiro atoms. The first-order valence-corrected chi connectivity index (χ1v) is 6.39. The molecule has 1 aromatic carbocycles. The third kappa shape index (κ3) is 4.48. The van der Waals surface area contributed by atoms with Crippen molar-refractivity contribution in [1.82, 2.24) is 4.68 Å². The molecular weight excluding hydrogens is 341 g/mol. The van der Waals surface area contributed by atoms with Gasteiger partial charge in [-0.2, -0.15) is 5.26 Å². The van der Waals surface area contributed by atoms with Crippen LogP contribution in [0.3, 0.4) is 0 Å². The van der Waals surface area contributed by atoms with Crippen LogP contribution in [0.25, 0.3) is 0 Å². The molecule has 0 aliphatic carbocycles. The Morgan fingerprint density at radius 2 is 2.00 bits per heavy atom. The fourth-order valence-electron chi connectivity index (χ4n) is 2.11. The number of nitrogens with one attached hydrogen (secondary N) is 1. The Kier molecular flexibility index (Phi) is 6.74. The first-order valence-electron chi connectivity index (χ1n) is 6.39. The molecule has 1 radical (unpaired) electrons. The molecule has 1 aromatic heterocycles. The van der Waals surface area contributed by atoms with Crippen molar-refractivity contribution in [2.45, 2.75) is 26.9 Å². The summed E-state index contributed by atoms with van der Waals surface area (Å²) in [5.41, 5.74) is 2.93. The second-order valence-corrected chi connectivity index (χ2v) is 4.66. The maximum atomic E-state index is 12.1. The number of benzene rings is 1. The molecule has 1 amide bonds. The number of carbonyl (C=O) groups excluding carboxylic acids is 1. The SMILES string of the molecule is Cc1cccc(C)c1NC(=O)C[n+]1cccn1CC#N.[Y]. The molecule has 5 nitrogen and oxygen atoms in total. The third-order valence-electron chi connectivity index (χ3n) is 3.13. The molecule has 0 aliphatic rings. The van der Waals surface area contributed by atoms with Crippen LogP contribution in [0.2, 0.25) is 0 Å². The van der Waals surface area contributed by atoms with Crippen molar-refractivity contribution in [2.24, 2.45) is 0 Å². The van der Waals surface area contributed by atoms with Gasteiger partial charge in [-0.25, -0.2) is 0 Å². The molecular formula is C15H17N4OY+. The molecule has 0 unspecified atom stereocenters. The third-order valence-corrected chi connectivity index (χ3v) is 3.13. The van der Waals surface area contributed by atoms with Crippen molar-refractivity contribution in [3.8, 4) is 6.07 Å². The summed E-state index contributed by atoms with van der Waals surface area (Å²) >= 11 is 0. The van der Waals surface area contributed by atoms with Crippen molar-refractivity contribution >= 4 is 11.6 Å². The first kappa shape index (κ1) is 17.5. The molecule has 0 fully saturated rings. The summed E-state index contributed by atoms with van der Waals surface area (Å²) < 4.78 is 3.41. The number of nitriles is 1. The standard InChI is InChI=1S/C15H16N4O.Y/c1-12-5-3-6-13(2)15(12)17-14(20)11-19-9-4-8-18(19)10-7-16;/h3-6,8-9H,10-11H2,1-2H3;/p+1. The van der Waals surface area contributed by atoms with Gasteiger partial charge in [-0.15, -0.1) is 9.36 Å². The normalized spacial score (nSPS) is 9.57. The summed E-state index contributed by atoms with van der Waals surface area (Å²) in [5.74, 6) is -0.106. The van der Waals surface area contributed by atoms with E-state index in [2.05, 4.69) is 11.4 Å². The van der Waals surface area contributed by atoms with Crippen LogP contribution in [0.1, 0.15) is 11.1 Å². The summed E-state index contributed by atoms with van der Waals surface area (Å²) in [6.07, 6.45) is 3.55. The summed E-state index contributed by atoms with van der Waals surface area (Å²) in [4.78, 5) is 12.1.